The molecule has 19 heavy (non-hydrogen) atoms. The first-order valence-corrected chi connectivity index (χ1v) is 8.67. The van der Waals surface area contributed by atoms with E-state index >= 15 is 0 Å². The van der Waals surface area contributed by atoms with Crippen molar-refractivity contribution in [3.63, 3.8) is 0 Å². The summed E-state index contributed by atoms with van der Waals surface area (Å²) in [6.45, 7) is 9.05. The summed E-state index contributed by atoms with van der Waals surface area (Å²) in [5, 5.41) is 5.79. The van der Waals surface area contributed by atoms with Crippen molar-refractivity contribution in [1.29, 1.82) is 0 Å². The molecule has 0 aliphatic heterocycles. The van der Waals surface area contributed by atoms with Gasteiger partial charge in [-0.1, -0.05) is 26.2 Å². The average molecular weight is 280 g/mol. The predicted octanol–water partition coefficient (Wildman–Crippen LogP) is 3.80. The highest BCUT2D eigenvalue weighted by molar-refractivity contribution is 7.10. The summed E-state index contributed by atoms with van der Waals surface area (Å²) >= 11 is 1.87. The average Bonchev–Trinajstić information content (AvgIpc) is 2.85. The summed E-state index contributed by atoms with van der Waals surface area (Å²) in [5.74, 6) is 0. The minimum atomic E-state index is 0.851. The van der Waals surface area contributed by atoms with Gasteiger partial charge in [0.1, 0.15) is 0 Å². The van der Waals surface area contributed by atoms with Gasteiger partial charge in [0.25, 0.3) is 0 Å². The molecule has 1 heterocycles. The second-order valence-corrected chi connectivity index (χ2v) is 6.62. The zero-order valence-electron chi connectivity index (χ0n) is 12.5. The Bertz CT molecular complexity index is 355. The summed E-state index contributed by atoms with van der Waals surface area (Å²) in [5.41, 5.74) is 1.43. The molecule has 0 bridgehead atoms. The Labute approximate surface area is 122 Å². The van der Waals surface area contributed by atoms with Gasteiger partial charge < -0.3 is 5.32 Å². The molecule has 2 nitrogen and oxygen atoms in total. The number of likely N-dealkylation sites (N-methyl/N-ethyl adjacent to an activating group) is 1. The molecule has 1 aromatic rings. The number of hydrogen-bond acceptors (Lipinski definition) is 3. The van der Waals surface area contributed by atoms with Gasteiger partial charge in [-0.15, -0.1) is 11.3 Å². The van der Waals surface area contributed by atoms with Crippen molar-refractivity contribution >= 4 is 11.3 Å². The van der Waals surface area contributed by atoms with E-state index in [1.165, 1.54) is 55.6 Å². The molecule has 1 aliphatic rings. The molecule has 3 heteroatoms. The minimum absolute atomic E-state index is 0.851. The van der Waals surface area contributed by atoms with Crippen LogP contribution in [0.5, 0.6) is 0 Å². The van der Waals surface area contributed by atoms with Gasteiger partial charge in [-0.25, -0.2) is 0 Å². The van der Waals surface area contributed by atoms with Crippen molar-refractivity contribution in [2.45, 2.75) is 58.5 Å². The third-order valence-corrected chi connectivity index (χ3v) is 5.35. The second-order valence-electron chi connectivity index (χ2n) is 5.62. The Hall–Kier alpha value is -0.380. The molecular formula is C16H28N2S. The molecule has 1 aromatic heterocycles. The quantitative estimate of drug-likeness (QED) is 0.764. The minimum Gasteiger partial charge on any atom is -0.311 e. The van der Waals surface area contributed by atoms with Crippen molar-refractivity contribution < 1.29 is 0 Å². The van der Waals surface area contributed by atoms with Gasteiger partial charge in [0.05, 0.1) is 0 Å². The molecule has 0 saturated heterocycles. The molecule has 1 aliphatic carbocycles. The van der Waals surface area contributed by atoms with Crippen LogP contribution in [0.1, 0.15) is 49.5 Å². The van der Waals surface area contributed by atoms with Crippen LogP contribution in [-0.4, -0.2) is 30.6 Å². The number of hydrogen-bond donors (Lipinski definition) is 1. The number of rotatable bonds is 7. The second kappa shape index (κ2) is 8.03. The molecule has 0 radical (unpaired) electrons. The van der Waals surface area contributed by atoms with Crippen LogP contribution in [0.3, 0.4) is 0 Å². The van der Waals surface area contributed by atoms with E-state index in [2.05, 4.69) is 35.5 Å². The molecule has 0 spiro atoms. The van der Waals surface area contributed by atoms with Crippen molar-refractivity contribution in [3.8, 4) is 0 Å². The summed E-state index contributed by atoms with van der Waals surface area (Å²) in [4.78, 5) is 4.16. The van der Waals surface area contributed by atoms with E-state index in [9.17, 15) is 0 Å². The number of nitrogens with one attached hydrogen (secondary N) is 1. The van der Waals surface area contributed by atoms with E-state index in [4.69, 9.17) is 0 Å². The summed E-state index contributed by atoms with van der Waals surface area (Å²) in [7, 11) is 0. The standard InChI is InChI=1S/C16H28N2S/c1-3-18(15-7-5-4-6-8-15)11-10-17-13-16-14(2)9-12-19-16/h9,12,15,17H,3-8,10-11,13H2,1-2H3. The van der Waals surface area contributed by atoms with Crippen LogP contribution in [-0.2, 0) is 6.54 Å². The molecule has 0 atom stereocenters. The van der Waals surface area contributed by atoms with Gasteiger partial charge in [-0.05, 0) is 43.3 Å². The smallest absolute Gasteiger partial charge is 0.0302 e. The first kappa shape index (κ1) is 15.0. The summed E-state index contributed by atoms with van der Waals surface area (Å²) < 4.78 is 0. The van der Waals surface area contributed by atoms with Crippen LogP contribution in [0.4, 0.5) is 0 Å². The molecule has 0 aromatic carbocycles. The van der Waals surface area contributed by atoms with E-state index in [-0.39, 0.29) is 0 Å². The highest BCUT2D eigenvalue weighted by Crippen LogP contribution is 2.22. The maximum Gasteiger partial charge on any atom is 0.0302 e. The topological polar surface area (TPSA) is 15.3 Å². The zero-order chi connectivity index (χ0) is 13.5. The maximum absolute atomic E-state index is 3.60. The highest BCUT2D eigenvalue weighted by atomic mass is 32.1. The Morgan fingerprint density at radius 1 is 1.32 bits per heavy atom. The van der Waals surface area contributed by atoms with Crippen molar-refractivity contribution in [2.75, 3.05) is 19.6 Å². The highest BCUT2D eigenvalue weighted by Gasteiger charge is 2.19. The number of aryl methyl sites for hydroxylation is 1. The summed E-state index contributed by atoms with van der Waals surface area (Å²) in [6.07, 6.45) is 7.14. The van der Waals surface area contributed by atoms with Crippen LogP contribution in [0.15, 0.2) is 11.4 Å². The van der Waals surface area contributed by atoms with E-state index < -0.39 is 0 Å². The predicted molar refractivity (Wildman–Crippen MR) is 84.9 cm³/mol. The van der Waals surface area contributed by atoms with Crippen LogP contribution < -0.4 is 5.32 Å². The van der Waals surface area contributed by atoms with E-state index in [1.807, 2.05) is 11.3 Å². The fraction of sp³-hybridized carbons (Fsp3) is 0.750. The van der Waals surface area contributed by atoms with Crippen LogP contribution in [0.25, 0.3) is 0 Å². The zero-order valence-corrected chi connectivity index (χ0v) is 13.3. The SMILES string of the molecule is CCN(CCNCc1sccc1C)C1CCCCC1. The Morgan fingerprint density at radius 3 is 2.74 bits per heavy atom. The first-order chi connectivity index (χ1) is 9.31. The van der Waals surface area contributed by atoms with Crippen LogP contribution >= 0.6 is 11.3 Å². The number of nitrogens with zero attached hydrogens (tertiary/aromatic N) is 1. The van der Waals surface area contributed by atoms with E-state index in [1.54, 1.807) is 0 Å². The van der Waals surface area contributed by atoms with Crippen molar-refractivity contribution in [3.05, 3.63) is 21.9 Å². The largest absolute Gasteiger partial charge is 0.311 e. The van der Waals surface area contributed by atoms with Gasteiger partial charge in [0.2, 0.25) is 0 Å². The summed E-state index contributed by atoms with van der Waals surface area (Å²) in [6, 6.07) is 3.06. The first-order valence-electron chi connectivity index (χ1n) is 7.79. The molecule has 1 fully saturated rings. The van der Waals surface area contributed by atoms with Crippen LogP contribution in [0, 0.1) is 6.92 Å². The molecule has 108 valence electrons. The Morgan fingerprint density at radius 2 is 2.11 bits per heavy atom. The van der Waals surface area contributed by atoms with E-state index in [0.717, 1.165) is 19.1 Å². The Balaban J connectivity index is 1.67. The number of thiophene rings is 1. The molecule has 0 amide bonds. The van der Waals surface area contributed by atoms with Gasteiger partial charge in [0, 0.05) is 30.6 Å². The van der Waals surface area contributed by atoms with Gasteiger partial charge in [-0.2, -0.15) is 0 Å². The van der Waals surface area contributed by atoms with Crippen molar-refractivity contribution in [2.24, 2.45) is 0 Å². The third kappa shape index (κ3) is 4.59. The maximum atomic E-state index is 3.60. The molecule has 2 rings (SSSR count). The van der Waals surface area contributed by atoms with Crippen molar-refractivity contribution in [1.82, 2.24) is 10.2 Å². The lowest BCUT2D eigenvalue weighted by molar-refractivity contribution is 0.164. The van der Waals surface area contributed by atoms with Gasteiger partial charge >= 0.3 is 0 Å². The monoisotopic (exact) mass is 280 g/mol. The fourth-order valence-corrected chi connectivity index (χ4v) is 3.93. The molecule has 1 N–H and O–H groups in total. The lowest BCUT2D eigenvalue weighted by Crippen LogP contribution is -2.40. The third-order valence-electron chi connectivity index (χ3n) is 4.33. The molecule has 0 unspecified atom stereocenters. The lowest BCUT2D eigenvalue weighted by Gasteiger charge is -2.33. The lowest BCUT2D eigenvalue weighted by atomic mass is 9.94. The molecule has 1 saturated carbocycles. The fourth-order valence-electron chi connectivity index (χ4n) is 3.05. The molecular weight excluding hydrogens is 252 g/mol. The normalized spacial score (nSPS) is 17.2. The Kier molecular flexibility index (Phi) is 6.35. The van der Waals surface area contributed by atoms with Gasteiger partial charge in [-0.3, -0.25) is 4.90 Å². The van der Waals surface area contributed by atoms with Gasteiger partial charge in [0.15, 0.2) is 0 Å². The van der Waals surface area contributed by atoms with E-state index in [0.29, 0.717) is 0 Å². The van der Waals surface area contributed by atoms with Crippen LogP contribution in [0.2, 0.25) is 0 Å².